The Labute approximate surface area is 112 Å². The van der Waals surface area contributed by atoms with Crippen LogP contribution in [0, 0.1) is 0 Å². The molecule has 1 fully saturated rings. The predicted molar refractivity (Wildman–Crippen MR) is 68.7 cm³/mol. The molecule has 1 saturated heterocycles. The molecular weight excluding hydrogens is 250 g/mol. The van der Waals surface area contributed by atoms with Crippen molar-refractivity contribution in [2.24, 2.45) is 0 Å². The summed E-state index contributed by atoms with van der Waals surface area (Å²) in [7, 11) is 0. The van der Waals surface area contributed by atoms with Crippen LogP contribution in [-0.2, 0) is 9.59 Å². The third-order valence-electron chi connectivity index (χ3n) is 3.18. The first-order valence-corrected chi connectivity index (χ1v) is 6.41. The van der Waals surface area contributed by atoms with E-state index in [0.717, 1.165) is 0 Å². The summed E-state index contributed by atoms with van der Waals surface area (Å²) in [5.74, 6) is -1.12. The lowest BCUT2D eigenvalue weighted by Crippen LogP contribution is -2.59. The van der Waals surface area contributed by atoms with Gasteiger partial charge in [0.15, 0.2) is 0 Å². The second-order valence-corrected chi connectivity index (χ2v) is 4.87. The second kappa shape index (κ2) is 6.40. The maximum Gasteiger partial charge on any atom is 0.320 e. The zero-order chi connectivity index (χ0) is 14.6. The minimum Gasteiger partial charge on any atom is -0.481 e. The number of carboxylic acid groups (broad SMARTS) is 1. The molecule has 0 spiro atoms. The van der Waals surface area contributed by atoms with Gasteiger partial charge in [0.25, 0.3) is 0 Å². The Morgan fingerprint density at radius 1 is 1.53 bits per heavy atom. The number of hydrogen-bond acceptors (Lipinski definition) is 3. The summed E-state index contributed by atoms with van der Waals surface area (Å²) in [6, 6.07) is -0.907. The van der Waals surface area contributed by atoms with Gasteiger partial charge in [-0.15, -0.1) is 0 Å². The van der Waals surface area contributed by atoms with E-state index in [1.54, 1.807) is 6.92 Å². The molecule has 0 radical (unpaired) electrons. The average molecular weight is 271 g/mol. The minimum atomic E-state index is -0.942. The van der Waals surface area contributed by atoms with Gasteiger partial charge in [-0.1, -0.05) is 0 Å². The molecule has 108 valence electrons. The summed E-state index contributed by atoms with van der Waals surface area (Å²) in [4.78, 5) is 37.5. The quantitative estimate of drug-likeness (QED) is 0.759. The van der Waals surface area contributed by atoms with Crippen LogP contribution in [0.5, 0.6) is 0 Å². The number of nitrogens with one attached hydrogen (secondary N) is 1. The number of urea groups is 1. The maximum atomic E-state index is 12.4. The van der Waals surface area contributed by atoms with Gasteiger partial charge in [-0.2, -0.15) is 0 Å². The number of piperazine rings is 1. The van der Waals surface area contributed by atoms with Crippen molar-refractivity contribution in [2.45, 2.75) is 39.3 Å². The molecule has 19 heavy (non-hydrogen) atoms. The van der Waals surface area contributed by atoms with Crippen LogP contribution < -0.4 is 5.32 Å². The number of carbonyl (C=O) groups is 3. The van der Waals surface area contributed by atoms with E-state index in [0.29, 0.717) is 13.1 Å². The standard InChI is InChI=1S/C12H21N3O4/c1-8(2)14(6-4-10(16)17)12(19)15-7-5-13-11(18)9(15)3/h8-9H,4-7H2,1-3H3,(H,13,18)(H,16,17). The molecule has 1 heterocycles. The van der Waals surface area contributed by atoms with Gasteiger partial charge in [-0.05, 0) is 20.8 Å². The van der Waals surface area contributed by atoms with Gasteiger partial charge >= 0.3 is 12.0 Å². The number of amides is 3. The van der Waals surface area contributed by atoms with Crippen LogP contribution in [0.1, 0.15) is 27.2 Å². The van der Waals surface area contributed by atoms with Gasteiger partial charge in [-0.3, -0.25) is 9.59 Å². The van der Waals surface area contributed by atoms with E-state index in [1.807, 2.05) is 13.8 Å². The number of rotatable bonds is 4. The second-order valence-electron chi connectivity index (χ2n) is 4.87. The van der Waals surface area contributed by atoms with Crippen LogP contribution >= 0.6 is 0 Å². The van der Waals surface area contributed by atoms with Gasteiger partial charge in [0.05, 0.1) is 6.42 Å². The summed E-state index contributed by atoms with van der Waals surface area (Å²) in [5, 5.41) is 11.4. The Morgan fingerprint density at radius 2 is 2.16 bits per heavy atom. The lowest BCUT2D eigenvalue weighted by Gasteiger charge is -2.38. The third-order valence-corrected chi connectivity index (χ3v) is 3.18. The lowest BCUT2D eigenvalue weighted by atomic mass is 10.2. The molecule has 1 atom stereocenters. The monoisotopic (exact) mass is 271 g/mol. The first kappa shape index (κ1) is 15.3. The van der Waals surface area contributed by atoms with Gasteiger partial charge in [0.1, 0.15) is 6.04 Å². The van der Waals surface area contributed by atoms with Crippen LogP contribution in [-0.4, -0.2) is 64.5 Å². The van der Waals surface area contributed by atoms with E-state index in [9.17, 15) is 14.4 Å². The van der Waals surface area contributed by atoms with Crippen LogP contribution in [0.3, 0.4) is 0 Å². The molecule has 0 aromatic heterocycles. The Morgan fingerprint density at radius 3 is 2.68 bits per heavy atom. The van der Waals surface area contributed by atoms with Crippen molar-refractivity contribution in [3.05, 3.63) is 0 Å². The van der Waals surface area contributed by atoms with Crippen molar-refractivity contribution in [3.63, 3.8) is 0 Å². The van der Waals surface area contributed by atoms with E-state index in [1.165, 1.54) is 9.80 Å². The van der Waals surface area contributed by atoms with Crippen molar-refractivity contribution in [1.82, 2.24) is 15.1 Å². The molecule has 0 aromatic carbocycles. The van der Waals surface area contributed by atoms with Gasteiger partial charge in [-0.25, -0.2) is 4.79 Å². The van der Waals surface area contributed by atoms with E-state index >= 15 is 0 Å². The number of nitrogens with zero attached hydrogens (tertiary/aromatic N) is 2. The van der Waals surface area contributed by atoms with Gasteiger partial charge in [0.2, 0.25) is 5.91 Å². The Hall–Kier alpha value is -1.79. The summed E-state index contributed by atoms with van der Waals surface area (Å²) < 4.78 is 0. The van der Waals surface area contributed by atoms with E-state index in [4.69, 9.17) is 5.11 Å². The molecule has 1 aliphatic heterocycles. The molecule has 0 aliphatic carbocycles. The molecule has 3 amide bonds. The number of carbonyl (C=O) groups excluding carboxylic acids is 2. The van der Waals surface area contributed by atoms with E-state index in [2.05, 4.69) is 5.32 Å². The van der Waals surface area contributed by atoms with Crippen LogP contribution in [0.15, 0.2) is 0 Å². The normalized spacial score (nSPS) is 19.3. The highest BCUT2D eigenvalue weighted by Gasteiger charge is 2.32. The summed E-state index contributed by atoms with van der Waals surface area (Å²) >= 11 is 0. The summed E-state index contributed by atoms with van der Waals surface area (Å²) in [5.41, 5.74) is 0. The zero-order valence-corrected chi connectivity index (χ0v) is 11.5. The smallest absolute Gasteiger partial charge is 0.320 e. The molecule has 1 aliphatic rings. The number of aliphatic carboxylic acids is 1. The Balaban J connectivity index is 2.75. The predicted octanol–water partition coefficient (Wildman–Crippen LogP) is 0.112. The largest absolute Gasteiger partial charge is 0.481 e. The highest BCUT2D eigenvalue weighted by Crippen LogP contribution is 2.11. The third kappa shape index (κ3) is 3.84. The maximum absolute atomic E-state index is 12.4. The van der Waals surface area contributed by atoms with E-state index < -0.39 is 12.0 Å². The Bertz CT molecular complexity index is 370. The first-order valence-electron chi connectivity index (χ1n) is 6.41. The Kier molecular flexibility index (Phi) is 5.14. The first-order chi connectivity index (χ1) is 8.84. The molecule has 0 aromatic rings. The molecular formula is C12H21N3O4. The fourth-order valence-corrected chi connectivity index (χ4v) is 2.00. The molecule has 1 rings (SSSR count). The molecule has 0 bridgehead atoms. The summed E-state index contributed by atoms with van der Waals surface area (Å²) in [6.07, 6.45) is -0.0989. The topological polar surface area (TPSA) is 90.0 Å². The van der Waals surface area contributed by atoms with Crippen molar-refractivity contribution in [1.29, 1.82) is 0 Å². The zero-order valence-electron chi connectivity index (χ0n) is 11.5. The number of carboxylic acids is 1. The molecule has 2 N–H and O–H groups in total. The fraction of sp³-hybridized carbons (Fsp3) is 0.750. The highest BCUT2D eigenvalue weighted by molar-refractivity contribution is 5.88. The SMILES string of the molecule is CC(C)N(CCC(=O)O)C(=O)N1CCNC(=O)C1C. The lowest BCUT2D eigenvalue weighted by molar-refractivity contribution is -0.137. The number of hydrogen-bond donors (Lipinski definition) is 2. The van der Waals surface area contributed by atoms with Crippen molar-refractivity contribution in [2.75, 3.05) is 19.6 Å². The molecule has 1 unspecified atom stereocenters. The fourth-order valence-electron chi connectivity index (χ4n) is 2.00. The van der Waals surface area contributed by atoms with E-state index in [-0.39, 0.29) is 30.9 Å². The van der Waals surface area contributed by atoms with Crippen LogP contribution in [0.25, 0.3) is 0 Å². The van der Waals surface area contributed by atoms with Crippen LogP contribution in [0.2, 0.25) is 0 Å². The van der Waals surface area contributed by atoms with Crippen molar-refractivity contribution < 1.29 is 19.5 Å². The van der Waals surface area contributed by atoms with Crippen molar-refractivity contribution in [3.8, 4) is 0 Å². The highest BCUT2D eigenvalue weighted by atomic mass is 16.4. The molecule has 7 heteroatoms. The molecule has 7 nitrogen and oxygen atoms in total. The summed E-state index contributed by atoms with van der Waals surface area (Å²) in [6.45, 7) is 6.35. The average Bonchev–Trinajstić information content (AvgIpc) is 2.31. The minimum absolute atomic E-state index is 0.0989. The van der Waals surface area contributed by atoms with Crippen LogP contribution in [0.4, 0.5) is 4.79 Å². The molecule has 0 saturated carbocycles. The van der Waals surface area contributed by atoms with Gasteiger partial charge < -0.3 is 20.2 Å². The van der Waals surface area contributed by atoms with Gasteiger partial charge in [0, 0.05) is 25.7 Å². The van der Waals surface area contributed by atoms with Crippen molar-refractivity contribution >= 4 is 17.9 Å².